The number of ether oxygens (including phenoxy) is 2. The Labute approximate surface area is 138 Å². The van der Waals surface area contributed by atoms with E-state index in [0.717, 1.165) is 0 Å². The van der Waals surface area contributed by atoms with Crippen LogP contribution in [-0.4, -0.2) is 47.5 Å². The predicted molar refractivity (Wildman–Crippen MR) is 86.3 cm³/mol. The fourth-order valence-electron chi connectivity index (χ4n) is 2.13. The zero-order valence-corrected chi connectivity index (χ0v) is 13.5. The number of carboxylic acid groups (broad SMARTS) is 1. The third kappa shape index (κ3) is 3.16. The van der Waals surface area contributed by atoms with Crippen LogP contribution >= 0.6 is 0 Å². The molecule has 0 amide bonds. The maximum atomic E-state index is 11.1. The number of fused-ring (bicyclic) bond motifs is 1. The SMILES string of the molecule is COc1cc(OC)c2ncc(C#N)c(NCC(C)(O)C(=O)O)c2c1. The summed E-state index contributed by atoms with van der Waals surface area (Å²) in [5.74, 6) is -0.437. The van der Waals surface area contributed by atoms with Gasteiger partial charge in [-0.25, -0.2) is 4.79 Å². The molecule has 0 aliphatic rings. The summed E-state index contributed by atoms with van der Waals surface area (Å²) in [6, 6.07) is 5.30. The van der Waals surface area contributed by atoms with Crippen molar-refractivity contribution in [3.05, 3.63) is 23.9 Å². The van der Waals surface area contributed by atoms with Gasteiger partial charge in [0.25, 0.3) is 0 Å². The number of nitrogens with zero attached hydrogens (tertiary/aromatic N) is 2. The highest BCUT2D eigenvalue weighted by Gasteiger charge is 2.30. The topological polar surface area (TPSA) is 125 Å². The number of anilines is 1. The molecular formula is C16H17N3O5. The number of carboxylic acids is 1. The van der Waals surface area contributed by atoms with Gasteiger partial charge in [-0.1, -0.05) is 0 Å². The molecule has 1 unspecified atom stereocenters. The van der Waals surface area contributed by atoms with Gasteiger partial charge in [-0.3, -0.25) is 4.98 Å². The van der Waals surface area contributed by atoms with Crippen LogP contribution in [0.25, 0.3) is 10.9 Å². The van der Waals surface area contributed by atoms with Gasteiger partial charge >= 0.3 is 5.97 Å². The standard InChI is InChI=1S/C16H17N3O5/c1-16(22,15(20)21)8-19-13-9(6-17)7-18-14-11(13)4-10(23-2)5-12(14)24-3/h4-5,7,22H,8H2,1-3H3,(H,18,19)(H,20,21). The van der Waals surface area contributed by atoms with Gasteiger partial charge in [-0.05, 0) is 13.0 Å². The highest BCUT2D eigenvalue weighted by molar-refractivity contribution is 5.98. The van der Waals surface area contributed by atoms with Crippen molar-refractivity contribution >= 4 is 22.6 Å². The first-order valence-corrected chi connectivity index (χ1v) is 6.98. The first-order chi connectivity index (χ1) is 11.3. The molecule has 0 aliphatic carbocycles. The molecule has 1 heterocycles. The molecule has 0 spiro atoms. The molecule has 3 N–H and O–H groups in total. The van der Waals surface area contributed by atoms with E-state index in [0.29, 0.717) is 28.1 Å². The number of hydrogen-bond acceptors (Lipinski definition) is 7. The molecular weight excluding hydrogens is 314 g/mol. The van der Waals surface area contributed by atoms with Gasteiger partial charge in [-0.15, -0.1) is 0 Å². The van der Waals surface area contributed by atoms with E-state index in [1.54, 1.807) is 12.1 Å². The molecule has 1 atom stereocenters. The molecule has 24 heavy (non-hydrogen) atoms. The molecule has 0 bridgehead atoms. The van der Waals surface area contributed by atoms with Gasteiger partial charge in [0, 0.05) is 17.6 Å². The van der Waals surface area contributed by atoms with Crippen molar-refractivity contribution < 1.29 is 24.5 Å². The average Bonchev–Trinajstić information content (AvgIpc) is 2.58. The van der Waals surface area contributed by atoms with Crippen molar-refractivity contribution in [2.75, 3.05) is 26.1 Å². The largest absolute Gasteiger partial charge is 0.497 e. The molecule has 8 heteroatoms. The lowest BCUT2D eigenvalue weighted by Gasteiger charge is -2.21. The van der Waals surface area contributed by atoms with Crippen molar-refractivity contribution in [2.45, 2.75) is 12.5 Å². The zero-order valence-electron chi connectivity index (χ0n) is 13.5. The summed E-state index contributed by atoms with van der Waals surface area (Å²) in [6.45, 7) is 0.870. The van der Waals surface area contributed by atoms with Crippen molar-refractivity contribution in [2.24, 2.45) is 0 Å². The minimum Gasteiger partial charge on any atom is -0.497 e. The molecule has 1 aromatic carbocycles. The van der Waals surface area contributed by atoms with Crippen molar-refractivity contribution in [3.63, 3.8) is 0 Å². The van der Waals surface area contributed by atoms with Crippen LogP contribution < -0.4 is 14.8 Å². The number of carbonyl (C=O) groups is 1. The summed E-state index contributed by atoms with van der Waals surface area (Å²) in [4.78, 5) is 15.3. The van der Waals surface area contributed by atoms with Crippen LogP contribution in [0, 0.1) is 11.3 Å². The number of benzene rings is 1. The van der Waals surface area contributed by atoms with Gasteiger partial charge in [-0.2, -0.15) is 5.26 Å². The Morgan fingerprint density at radius 2 is 2.12 bits per heavy atom. The van der Waals surface area contributed by atoms with E-state index in [9.17, 15) is 15.2 Å². The number of rotatable bonds is 6. The number of hydrogen-bond donors (Lipinski definition) is 3. The summed E-state index contributed by atoms with van der Waals surface area (Å²) in [7, 11) is 2.97. The van der Waals surface area contributed by atoms with E-state index in [2.05, 4.69) is 10.3 Å². The lowest BCUT2D eigenvalue weighted by atomic mass is 10.1. The van der Waals surface area contributed by atoms with Gasteiger partial charge < -0.3 is 25.0 Å². The highest BCUT2D eigenvalue weighted by Crippen LogP contribution is 2.35. The number of aromatic nitrogens is 1. The monoisotopic (exact) mass is 331 g/mol. The summed E-state index contributed by atoms with van der Waals surface area (Å²) >= 11 is 0. The molecule has 8 nitrogen and oxygen atoms in total. The summed E-state index contributed by atoms with van der Waals surface area (Å²) in [5.41, 5.74) is -0.958. The molecule has 1 aromatic heterocycles. The van der Waals surface area contributed by atoms with Gasteiger partial charge in [0.2, 0.25) is 0 Å². The number of pyridine rings is 1. The normalized spacial score (nSPS) is 13.0. The Hall–Kier alpha value is -3.05. The van der Waals surface area contributed by atoms with Gasteiger partial charge in [0.1, 0.15) is 23.1 Å². The third-order valence-corrected chi connectivity index (χ3v) is 3.56. The maximum Gasteiger partial charge on any atom is 0.337 e. The van der Waals surface area contributed by atoms with E-state index < -0.39 is 11.6 Å². The fraction of sp³-hybridized carbons (Fsp3) is 0.312. The number of nitriles is 1. The van der Waals surface area contributed by atoms with Crippen LogP contribution in [0.2, 0.25) is 0 Å². The highest BCUT2D eigenvalue weighted by atomic mass is 16.5. The lowest BCUT2D eigenvalue weighted by molar-refractivity contribution is -0.155. The first-order valence-electron chi connectivity index (χ1n) is 6.98. The van der Waals surface area contributed by atoms with Crippen molar-refractivity contribution in [1.82, 2.24) is 4.98 Å². The zero-order chi connectivity index (χ0) is 17.9. The maximum absolute atomic E-state index is 11.1. The first kappa shape index (κ1) is 17.3. The van der Waals surface area contributed by atoms with Crippen LogP contribution in [-0.2, 0) is 4.79 Å². The Bertz CT molecular complexity index is 827. The molecule has 126 valence electrons. The molecule has 2 rings (SSSR count). The smallest absolute Gasteiger partial charge is 0.337 e. The van der Waals surface area contributed by atoms with Crippen LogP contribution in [0.3, 0.4) is 0 Å². The van der Waals surface area contributed by atoms with E-state index >= 15 is 0 Å². The second-order valence-corrected chi connectivity index (χ2v) is 5.32. The van der Waals surface area contributed by atoms with E-state index in [1.165, 1.54) is 27.3 Å². The van der Waals surface area contributed by atoms with E-state index in [4.69, 9.17) is 14.6 Å². The molecule has 0 fully saturated rings. The molecule has 0 radical (unpaired) electrons. The van der Waals surface area contributed by atoms with Gasteiger partial charge in [0.05, 0.1) is 32.0 Å². The number of methoxy groups -OCH3 is 2. The second-order valence-electron chi connectivity index (χ2n) is 5.32. The Morgan fingerprint density at radius 3 is 2.67 bits per heavy atom. The average molecular weight is 331 g/mol. The Morgan fingerprint density at radius 1 is 1.42 bits per heavy atom. The number of aliphatic carboxylic acids is 1. The summed E-state index contributed by atoms with van der Waals surface area (Å²) in [5, 5.41) is 31.5. The quantitative estimate of drug-likeness (QED) is 0.725. The predicted octanol–water partition coefficient (Wildman–Crippen LogP) is 1.37. The lowest BCUT2D eigenvalue weighted by Crippen LogP contribution is -2.41. The van der Waals surface area contributed by atoms with E-state index in [-0.39, 0.29) is 12.1 Å². The Balaban J connectivity index is 2.61. The van der Waals surface area contributed by atoms with Crippen molar-refractivity contribution in [1.29, 1.82) is 5.26 Å². The minimum atomic E-state index is -1.99. The van der Waals surface area contributed by atoms with E-state index in [1.807, 2.05) is 6.07 Å². The molecule has 0 saturated carbocycles. The van der Waals surface area contributed by atoms with Crippen LogP contribution in [0.1, 0.15) is 12.5 Å². The Kier molecular flexibility index (Phi) is 4.76. The molecule has 0 aliphatic heterocycles. The van der Waals surface area contributed by atoms with Gasteiger partial charge in [0.15, 0.2) is 5.60 Å². The minimum absolute atomic E-state index is 0.207. The molecule has 0 saturated heterocycles. The third-order valence-electron chi connectivity index (χ3n) is 3.56. The van der Waals surface area contributed by atoms with Crippen LogP contribution in [0.5, 0.6) is 11.5 Å². The van der Waals surface area contributed by atoms with Crippen LogP contribution in [0.4, 0.5) is 5.69 Å². The van der Waals surface area contributed by atoms with Crippen molar-refractivity contribution in [3.8, 4) is 17.6 Å². The number of aliphatic hydroxyl groups is 1. The second kappa shape index (κ2) is 6.60. The fourth-order valence-corrected chi connectivity index (χ4v) is 2.13. The summed E-state index contributed by atoms with van der Waals surface area (Å²) < 4.78 is 10.5. The number of nitrogens with one attached hydrogen (secondary N) is 1. The van der Waals surface area contributed by atoms with Crippen LogP contribution in [0.15, 0.2) is 18.3 Å². The summed E-state index contributed by atoms with van der Waals surface area (Å²) in [6.07, 6.45) is 1.36. The molecule has 2 aromatic rings.